The molecule has 3 aromatic rings. The van der Waals surface area contributed by atoms with Gasteiger partial charge in [0.05, 0.1) is 17.3 Å². The summed E-state index contributed by atoms with van der Waals surface area (Å²) in [7, 11) is 0. The van der Waals surface area contributed by atoms with Gasteiger partial charge in [-0.25, -0.2) is 4.52 Å². The van der Waals surface area contributed by atoms with Crippen LogP contribution in [0.1, 0.15) is 35.7 Å². The molecule has 7 heteroatoms. The summed E-state index contributed by atoms with van der Waals surface area (Å²) in [6.07, 6.45) is 4.56. The molecule has 0 radical (unpaired) electrons. The van der Waals surface area contributed by atoms with E-state index in [2.05, 4.69) is 20.9 Å². The van der Waals surface area contributed by atoms with Crippen LogP contribution in [0.4, 0.5) is 5.69 Å². The summed E-state index contributed by atoms with van der Waals surface area (Å²) < 4.78 is 1.55. The first kappa shape index (κ1) is 16.6. The SMILES string of the molecule is CCCC(=O)Nc1cccc(CNC(=O)c2ccc3cnnn3c2)c1. The first-order valence-corrected chi connectivity index (χ1v) is 8.13. The Hall–Kier alpha value is -3.22. The number of aromatic nitrogens is 3. The van der Waals surface area contributed by atoms with Crippen LogP contribution in [0.15, 0.2) is 48.8 Å². The Bertz CT molecular complexity index is 903. The van der Waals surface area contributed by atoms with Crippen molar-refractivity contribution in [3.05, 3.63) is 59.9 Å². The Labute approximate surface area is 145 Å². The van der Waals surface area contributed by atoms with Crippen LogP contribution in [0.25, 0.3) is 5.52 Å². The molecule has 7 nitrogen and oxygen atoms in total. The van der Waals surface area contributed by atoms with Crippen LogP contribution < -0.4 is 10.6 Å². The van der Waals surface area contributed by atoms with E-state index in [0.717, 1.165) is 23.2 Å². The van der Waals surface area contributed by atoms with Crippen molar-refractivity contribution in [1.29, 1.82) is 0 Å². The number of fused-ring (bicyclic) bond motifs is 1. The molecule has 0 aliphatic heterocycles. The maximum absolute atomic E-state index is 12.3. The van der Waals surface area contributed by atoms with Crippen LogP contribution in [-0.2, 0) is 11.3 Å². The minimum absolute atomic E-state index is 0.00943. The number of hydrogen-bond donors (Lipinski definition) is 2. The van der Waals surface area contributed by atoms with Crippen molar-refractivity contribution in [1.82, 2.24) is 20.1 Å². The maximum Gasteiger partial charge on any atom is 0.253 e. The Morgan fingerprint density at radius 2 is 2.08 bits per heavy atom. The predicted molar refractivity (Wildman–Crippen MR) is 94.1 cm³/mol. The van der Waals surface area contributed by atoms with Crippen molar-refractivity contribution in [2.24, 2.45) is 0 Å². The highest BCUT2D eigenvalue weighted by molar-refractivity contribution is 5.94. The van der Waals surface area contributed by atoms with Crippen LogP contribution in [0.2, 0.25) is 0 Å². The fourth-order valence-electron chi connectivity index (χ4n) is 2.45. The highest BCUT2D eigenvalue weighted by Crippen LogP contribution is 2.12. The van der Waals surface area contributed by atoms with Gasteiger partial charge in [0.15, 0.2) is 0 Å². The number of pyridine rings is 1. The Kier molecular flexibility index (Phi) is 5.03. The van der Waals surface area contributed by atoms with Gasteiger partial charge in [-0.2, -0.15) is 0 Å². The predicted octanol–water partition coefficient (Wildman–Crippen LogP) is 2.40. The van der Waals surface area contributed by atoms with Crippen LogP contribution in [0, 0.1) is 0 Å². The second-order valence-electron chi connectivity index (χ2n) is 5.70. The zero-order valence-electron chi connectivity index (χ0n) is 13.9. The van der Waals surface area contributed by atoms with E-state index in [-0.39, 0.29) is 11.8 Å². The van der Waals surface area contributed by atoms with Crippen molar-refractivity contribution in [2.75, 3.05) is 5.32 Å². The molecule has 2 amide bonds. The van der Waals surface area contributed by atoms with E-state index >= 15 is 0 Å². The minimum Gasteiger partial charge on any atom is -0.348 e. The minimum atomic E-state index is -0.196. The fourth-order valence-corrected chi connectivity index (χ4v) is 2.45. The molecule has 0 aliphatic carbocycles. The third-order valence-corrected chi connectivity index (χ3v) is 3.70. The molecule has 0 unspecified atom stereocenters. The molecule has 0 bridgehead atoms. The van der Waals surface area contributed by atoms with Crippen LogP contribution in [-0.4, -0.2) is 26.6 Å². The smallest absolute Gasteiger partial charge is 0.253 e. The second kappa shape index (κ2) is 7.57. The molecule has 2 heterocycles. The summed E-state index contributed by atoms with van der Waals surface area (Å²) in [5.41, 5.74) is 2.97. The lowest BCUT2D eigenvalue weighted by Gasteiger charge is -2.09. The van der Waals surface area contributed by atoms with E-state index < -0.39 is 0 Å². The quantitative estimate of drug-likeness (QED) is 0.723. The third-order valence-electron chi connectivity index (χ3n) is 3.70. The van der Waals surface area contributed by atoms with Crippen molar-refractivity contribution >= 4 is 23.0 Å². The number of anilines is 1. The third kappa shape index (κ3) is 4.20. The lowest BCUT2D eigenvalue weighted by atomic mass is 10.2. The van der Waals surface area contributed by atoms with E-state index in [1.807, 2.05) is 31.2 Å². The average molecular weight is 337 g/mol. The number of nitrogens with zero attached hydrogens (tertiary/aromatic N) is 3. The van der Waals surface area contributed by atoms with Crippen molar-refractivity contribution in [2.45, 2.75) is 26.3 Å². The highest BCUT2D eigenvalue weighted by Gasteiger charge is 2.08. The van der Waals surface area contributed by atoms with Crippen molar-refractivity contribution in [3.8, 4) is 0 Å². The number of carbonyl (C=O) groups is 2. The van der Waals surface area contributed by atoms with Gasteiger partial charge in [0.1, 0.15) is 0 Å². The molecule has 2 N–H and O–H groups in total. The molecular weight excluding hydrogens is 318 g/mol. The molecule has 0 spiro atoms. The topological polar surface area (TPSA) is 88.4 Å². The van der Waals surface area contributed by atoms with Gasteiger partial charge < -0.3 is 10.6 Å². The van der Waals surface area contributed by atoms with E-state index in [0.29, 0.717) is 18.5 Å². The second-order valence-corrected chi connectivity index (χ2v) is 5.70. The maximum atomic E-state index is 12.3. The fraction of sp³-hybridized carbons (Fsp3) is 0.222. The van der Waals surface area contributed by atoms with E-state index in [1.165, 1.54) is 0 Å². The first-order chi connectivity index (χ1) is 12.2. The number of amides is 2. The number of hydrogen-bond acceptors (Lipinski definition) is 4. The molecule has 3 rings (SSSR count). The van der Waals surface area contributed by atoms with E-state index in [4.69, 9.17) is 0 Å². The lowest BCUT2D eigenvalue weighted by Crippen LogP contribution is -2.23. The van der Waals surface area contributed by atoms with Gasteiger partial charge in [0.2, 0.25) is 5.91 Å². The molecule has 0 fully saturated rings. The standard InChI is InChI=1S/C18H19N5O2/c1-2-4-17(24)21-15-6-3-5-13(9-15)10-19-18(25)14-7-8-16-11-20-22-23(16)12-14/h3,5-9,11-12H,2,4,10H2,1H3,(H,19,25)(H,21,24). The monoisotopic (exact) mass is 337 g/mol. The van der Waals surface area contributed by atoms with Crippen LogP contribution in [0.5, 0.6) is 0 Å². The van der Waals surface area contributed by atoms with Crippen molar-refractivity contribution < 1.29 is 9.59 Å². The first-order valence-electron chi connectivity index (χ1n) is 8.13. The number of rotatable bonds is 6. The summed E-state index contributed by atoms with van der Waals surface area (Å²) in [6, 6.07) is 11.0. The molecule has 0 saturated heterocycles. The van der Waals surface area contributed by atoms with E-state index in [1.54, 1.807) is 29.0 Å². The molecular formula is C18H19N5O2. The van der Waals surface area contributed by atoms with Crippen LogP contribution >= 0.6 is 0 Å². The van der Waals surface area contributed by atoms with Gasteiger partial charge in [-0.1, -0.05) is 24.3 Å². The number of nitrogens with one attached hydrogen (secondary N) is 2. The Morgan fingerprint density at radius 1 is 1.20 bits per heavy atom. The molecule has 0 atom stereocenters. The largest absolute Gasteiger partial charge is 0.348 e. The van der Waals surface area contributed by atoms with Crippen molar-refractivity contribution in [3.63, 3.8) is 0 Å². The number of benzene rings is 1. The molecule has 25 heavy (non-hydrogen) atoms. The van der Waals surface area contributed by atoms with Gasteiger partial charge in [-0.05, 0) is 36.2 Å². The Morgan fingerprint density at radius 3 is 2.92 bits per heavy atom. The summed E-state index contributed by atoms with van der Waals surface area (Å²) in [5, 5.41) is 13.4. The summed E-state index contributed by atoms with van der Waals surface area (Å²) in [5.74, 6) is -0.206. The lowest BCUT2D eigenvalue weighted by molar-refractivity contribution is -0.116. The van der Waals surface area contributed by atoms with Gasteiger partial charge in [0.25, 0.3) is 5.91 Å². The molecule has 0 saturated carbocycles. The highest BCUT2D eigenvalue weighted by atomic mass is 16.2. The zero-order valence-corrected chi connectivity index (χ0v) is 13.9. The molecule has 0 aliphatic rings. The molecule has 1 aromatic carbocycles. The van der Waals surface area contributed by atoms with Gasteiger partial charge in [-0.3, -0.25) is 9.59 Å². The van der Waals surface area contributed by atoms with Gasteiger partial charge in [0, 0.05) is 24.8 Å². The average Bonchev–Trinajstić information content (AvgIpc) is 3.08. The summed E-state index contributed by atoms with van der Waals surface area (Å²) in [6.45, 7) is 2.33. The zero-order chi connectivity index (χ0) is 17.6. The summed E-state index contributed by atoms with van der Waals surface area (Å²) in [4.78, 5) is 24.0. The normalized spacial score (nSPS) is 10.6. The summed E-state index contributed by atoms with van der Waals surface area (Å²) >= 11 is 0. The number of carbonyl (C=O) groups excluding carboxylic acids is 2. The van der Waals surface area contributed by atoms with Crippen LogP contribution in [0.3, 0.4) is 0 Å². The van der Waals surface area contributed by atoms with E-state index in [9.17, 15) is 9.59 Å². The van der Waals surface area contributed by atoms with Gasteiger partial charge in [-0.15, -0.1) is 5.10 Å². The molecule has 128 valence electrons. The Balaban J connectivity index is 1.62. The molecule has 2 aromatic heterocycles. The van der Waals surface area contributed by atoms with Gasteiger partial charge >= 0.3 is 0 Å².